The summed E-state index contributed by atoms with van der Waals surface area (Å²) in [5.74, 6) is -0.968. The number of sulfonamides is 1. The van der Waals surface area contributed by atoms with E-state index in [9.17, 15) is 18.0 Å². The molecule has 0 aliphatic rings. The normalized spacial score (nSPS) is 11.0. The second-order valence-corrected chi connectivity index (χ2v) is 9.32. The fourth-order valence-electron chi connectivity index (χ4n) is 3.24. The third-order valence-electron chi connectivity index (χ3n) is 4.93. The van der Waals surface area contributed by atoms with E-state index in [1.54, 1.807) is 50.2 Å². The summed E-state index contributed by atoms with van der Waals surface area (Å²) >= 11 is 0. The van der Waals surface area contributed by atoms with Crippen molar-refractivity contribution in [2.75, 3.05) is 22.8 Å². The number of aryl methyl sites for hydroxylation is 2. The average Bonchev–Trinajstić information content (AvgIpc) is 2.80. The first-order chi connectivity index (χ1) is 15.7. The Balaban J connectivity index is 1.88. The molecule has 3 rings (SSSR count). The van der Waals surface area contributed by atoms with Crippen LogP contribution in [0.1, 0.15) is 28.4 Å². The van der Waals surface area contributed by atoms with E-state index in [0.29, 0.717) is 16.9 Å². The molecule has 0 radical (unpaired) electrons. The number of benzene rings is 3. The fraction of sp³-hybridized carbons (Fsp3) is 0.200. The van der Waals surface area contributed by atoms with E-state index in [0.717, 1.165) is 15.4 Å². The molecule has 1 N–H and O–H groups in total. The van der Waals surface area contributed by atoms with Crippen LogP contribution in [0.4, 0.5) is 11.4 Å². The van der Waals surface area contributed by atoms with Gasteiger partial charge >= 0.3 is 5.97 Å². The zero-order valence-corrected chi connectivity index (χ0v) is 19.6. The van der Waals surface area contributed by atoms with Crippen molar-refractivity contribution in [3.05, 3.63) is 89.5 Å². The Labute approximate surface area is 194 Å². The van der Waals surface area contributed by atoms with Gasteiger partial charge in [-0.25, -0.2) is 13.2 Å². The molecule has 0 aliphatic carbocycles. The number of anilines is 2. The molecular formula is C25H26N2O5S. The largest absolute Gasteiger partial charge is 0.462 e. The van der Waals surface area contributed by atoms with Gasteiger partial charge in [-0.3, -0.25) is 9.10 Å². The van der Waals surface area contributed by atoms with Gasteiger partial charge in [0.25, 0.3) is 10.0 Å². The van der Waals surface area contributed by atoms with Crippen LogP contribution in [0.15, 0.2) is 77.7 Å². The van der Waals surface area contributed by atoms with Crippen molar-refractivity contribution in [1.29, 1.82) is 0 Å². The highest BCUT2D eigenvalue weighted by Gasteiger charge is 2.28. The van der Waals surface area contributed by atoms with Crippen molar-refractivity contribution in [3.8, 4) is 0 Å². The van der Waals surface area contributed by atoms with Gasteiger partial charge in [-0.15, -0.1) is 0 Å². The highest BCUT2D eigenvalue weighted by Crippen LogP contribution is 2.28. The number of rotatable bonds is 8. The van der Waals surface area contributed by atoms with Gasteiger partial charge < -0.3 is 10.1 Å². The molecule has 0 spiro atoms. The van der Waals surface area contributed by atoms with E-state index in [-0.39, 0.29) is 11.5 Å². The number of hydrogen-bond acceptors (Lipinski definition) is 5. The second kappa shape index (κ2) is 10.3. The molecule has 0 atom stereocenters. The van der Waals surface area contributed by atoms with E-state index in [2.05, 4.69) is 5.32 Å². The zero-order valence-electron chi connectivity index (χ0n) is 18.7. The van der Waals surface area contributed by atoms with Crippen LogP contribution in [0.25, 0.3) is 0 Å². The van der Waals surface area contributed by atoms with E-state index >= 15 is 0 Å². The maximum atomic E-state index is 13.5. The van der Waals surface area contributed by atoms with Crippen molar-refractivity contribution >= 4 is 33.3 Å². The van der Waals surface area contributed by atoms with Crippen LogP contribution in [0, 0.1) is 13.8 Å². The average molecular weight is 467 g/mol. The van der Waals surface area contributed by atoms with E-state index in [1.807, 2.05) is 19.1 Å². The van der Waals surface area contributed by atoms with Crippen LogP contribution in [0.2, 0.25) is 0 Å². The molecule has 0 fully saturated rings. The maximum absolute atomic E-state index is 13.5. The summed E-state index contributed by atoms with van der Waals surface area (Å²) in [5, 5.41) is 2.70. The predicted molar refractivity (Wildman–Crippen MR) is 128 cm³/mol. The van der Waals surface area contributed by atoms with Crippen LogP contribution in [-0.2, 0) is 19.6 Å². The number of nitrogens with zero attached hydrogens (tertiary/aromatic N) is 1. The Morgan fingerprint density at radius 3 is 2.24 bits per heavy atom. The van der Waals surface area contributed by atoms with Gasteiger partial charge in [-0.05, 0) is 74.4 Å². The molecular weight excluding hydrogens is 440 g/mol. The molecule has 0 aliphatic heterocycles. The van der Waals surface area contributed by atoms with Crippen LogP contribution in [-0.4, -0.2) is 33.4 Å². The Bertz CT molecular complexity index is 1240. The van der Waals surface area contributed by atoms with Crippen LogP contribution in [0.5, 0.6) is 0 Å². The minimum absolute atomic E-state index is 0.0949. The Kier molecular flexibility index (Phi) is 7.50. The molecule has 3 aromatic carbocycles. The Hall–Kier alpha value is -3.65. The first-order valence-corrected chi connectivity index (χ1v) is 11.9. The standard InChI is InChI=1S/C25H26N2O5S/c1-4-32-25(29)20-12-14-21(15-13-20)26-24(28)17-27(23-16-18(2)10-11-19(23)3)33(30,31)22-8-6-5-7-9-22/h5-16H,4,17H2,1-3H3,(H,26,28). The highest BCUT2D eigenvalue weighted by atomic mass is 32.2. The monoisotopic (exact) mass is 466 g/mol. The molecule has 0 heterocycles. The molecule has 172 valence electrons. The molecule has 1 amide bonds. The first-order valence-electron chi connectivity index (χ1n) is 10.4. The van der Waals surface area contributed by atoms with E-state index in [4.69, 9.17) is 4.74 Å². The zero-order chi connectivity index (χ0) is 24.0. The number of ether oxygens (including phenoxy) is 1. The summed E-state index contributed by atoms with van der Waals surface area (Å²) in [6, 6.07) is 19.7. The third kappa shape index (κ3) is 5.78. The van der Waals surface area contributed by atoms with Crippen molar-refractivity contribution < 1.29 is 22.7 Å². The minimum Gasteiger partial charge on any atom is -0.462 e. The predicted octanol–water partition coefficient (Wildman–Crippen LogP) is 4.31. The van der Waals surface area contributed by atoms with Gasteiger partial charge in [0.05, 0.1) is 22.8 Å². The van der Waals surface area contributed by atoms with Gasteiger partial charge in [0, 0.05) is 5.69 Å². The van der Waals surface area contributed by atoms with Crippen molar-refractivity contribution in [3.63, 3.8) is 0 Å². The lowest BCUT2D eigenvalue weighted by Gasteiger charge is -2.26. The number of nitrogens with one attached hydrogen (secondary N) is 1. The summed E-state index contributed by atoms with van der Waals surface area (Å²) in [4.78, 5) is 24.8. The van der Waals surface area contributed by atoms with E-state index in [1.165, 1.54) is 24.3 Å². The molecule has 0 aromatic heterocycles. The quantitative estimate of drug-likeness (QED) is 0.499. The Morgan fingerprint density at radius 1 is 0.939 bits per heavy atom. The number of carbonyl (C=O) groups is 2. The number of hydrogen-bond donors (Lipinski definition) is 1. The second-order valence-electron chi connectivity index (χ2n) is 7.46. The summed E-state index contributed by atoms with van der Waals surface area (Å²) in [6.45, 7) is 5.23. The third-order valence-corrected chi connectivity index (χ3v) is 6.71. The number of amides is 1. The molecule has 3 aromatic rings. The minimum atomic E-state index is -3.99. The molecule has 7 nitrogen and oxygen atoms in total. The topological polar surface area (TPSA) is 92.8 Å². The van der Waals surface area contributed by atoms with Crippen LogP contribution < -0.4 is 9.62 Å². The van der Waals surface area contributed by atoms with Gasteiger partial charge in [0.2, 0.25) is 5.91 Å². The lowest BCUT2D eigenvalue weighted by Crippen LogP contribution is -2.38. The summed E-state index contributed by atoms with van der Waals surface area (Å²) in [7, 11) is -3.99. The van der Waals surface area contributed by atoms with Crippen molar-refractivity contribution in [2.24, 2.45) is 0 Å². The highest BCUT2D eigenvalue weighted by molar-refractivity contribution is 7.92. The fourth-order valence-corrected chi connectivity index (χ4v) is 4.74. The van der Waals surface area contributed by atoms with Crippen LogP contribution in [0.3, 0.4) is 0 Å². The SMILES string of the molecule is CCOC(=O)c1ccc(NC(=O)CN(c2cc(C)ccc2C)S(=O)(=O)c2ccccc2)cc1. The van der Waals surface area contributed by atoms with Gasteiger partial charge in [-0.2, -0.15) is 0 Å². The summed E-state index contributed by atoms with van der Waals surface area (Å²) in [5.41, 5.74) is 2.83. The lowest BCUT2D eigenvalue weighted by atomic mass is 10.1. The van der Waals surface area contributed by atoms with Crippen molar-refractivity contribution in [2.45, 2.75) is 25.7 Å². The molecule has 0 saturated carbocycles. The van der Waals surface area contributed by atoms with Gasteiger partial charge in [0.15, 0.2) is 0 Å². The first kappa shape index (κ1) is 24.0. The molecule has 8 heteroatoms. The van der Waals surface area contributed by atoms with E-state index < -0.39 is 28.4 Å². The van der Waals surface area contributed by atoms with Gasteiger partial charge in [-0.1, -0.05) is 30.3 Å². The van der Waals surface area contributed by atoms with Gasteiger partial charge in [0.1, 0.15) is 6.54 Å². The molecule has 0 bridgehead atoms. The maximum Gasteiger partial charge on any atom is 0.338 e. The lowest BCUT2D eigenvalue weighted by molar-refractivity contribution is -0.114. The molecule has 0 saturated heterocycles. The molecule has 0 unspecified atom stereocenters. The van der Waals surface area contributed by atoms with Crippen molar-refractivity contribution in [1.82, 2.24) is 0 Å². The summed E-state index contributed by atoms with van der Waals surface area (Å²) < 4.78 is 33.0. The number of esters is 1. The summed E-state index contributed by atoms with van der Waals surface area (Å²) in [6.07, 6.45) is 0. The smallest absolute Gasteiger partial charge is 0.338 e. The Morgan fingerprint density at radius 2 is 1.61 bits per heavy atom. The molecule has 33 heavy (non-hydrogen) atoms. The number of carbonyl (C=O) groups excluding carboxylic acids is 2. The van der Waals surface area contributed by atoms with Crippen LogP contribution >= 0.6 is 0 Å².